The predicted octanol–water partition coefficient (Wildman–Crippen LogP) is 5.52. The lowest BCUT2D eigenvalue weighted by Gasteiger charge is -2.26. The monoisotopic (exact) mass is 773 g/mol. The molecule has 1 atom stereocenters. The van der Waals surface area contributed by atoms with Crippen LogP contribution >= 0.6 is 11.6 Å². The number of benzene rings is 2. The van der Waals surface area contributed by atoms with Crippen molar-refractivity contribution in [2.75, 3.05) is 11.0 Å². The number of aromatic nitrogens is 5. The van der Waals surface area contributed by atoms with Crippen LogP contribution in [0.3, 0.4) is 0 Å². The highest BCUT2D eigenvalue weighted by Gasteiger charge is 2.45. The number of carbonyl (C=O) groups excluding carboxylic acids is 1. The topological polar surface area (TPSA) is 158 Å². The lowest BCUT2D eigenvalue weighted by Crippen LogP contribution is -2.35. The van der Waals surface area contributed by atoms with Crippen molar-refractivity contribution in [2.45, 2.75) is 68.5 Å². The van der Waals surface area contributed by atoms with Crippen molar-refractivity contribution in [3.05, 3.63) is 94.8 Å². The van der Waals surface area contributed by atoms with Crippen molar-refractivity contribution in [1.82, 2.24) is 29.6 Å². The minimum Gasteiger partial charge on any atom is -0.346 e. The number of hydrogen-bond acceptors (Lipinski definition) is 8. The molecular weight excluding hydrogens is 736 g/mol. The maximum atomic E-state index is 14.5. The van der Waals surface area contributed by atoms with Crippen molar-refractivity contribution in [1.29, 1.82) is 0 Å². The SMILES string of the molecule is Cn1nc(NS(C)(=O)=O)c2c(Cl)ccc(-c3ccc(CCC(C)(C)S(=O)(=O)C4CC4)nc3[C@H](Cc3cc(F)cc(F)c3)NC(=O)Cn3ccnc3)c21. The van der Waals surface area contributed by atoms with Gasteiger partial charge in [-0.05, 0) is 75.8 Å². The number of anilines is 1. The Morgan fingerprint density at radius 3 is 2.38 bits per heavy atom. The number of halogens is 3. The maximum absolute atomic E-state index is 14.5. The number of carbonyl (C=O) groups is 1. The van der Waals surface area contributed by atoms with Crippen LogP contribution < -0.4 is 10.0 Å². The summed E-state index contributed by atoms with van der Waals surface area (Å²) in [5.74, 6) is -2.01. The molecule has 2 N–H and O–H groups in total. The summed E-state index contributed by atoms with van der Waals surface area (Å²) in [7, 11) is -5.50. The summed E-state index contributed by atoms with van der Waals surface area (Å²) in [6.07, 6.45) is 7.40. The third kappa shape index (κ3) is 8.13. The lowest BCUT2D eigenvalue weighted by atomic mass is 9.93. The molecule has 2 aromatic carbocycles. The molecule has 276 valence electrons. The van der Waals surface area contributed by atoms with Gasteiger partial charge in [-0.15, -0.1) is 0 Å². The molecule has 1 fully saturated rings. The molecule has 0 unspecified atom stereocenters. The largest absolute Gasteiger partial charge is 0.346 e. The molecule has 0 saturated heterocycles. The van der Waals surface area contributed by atoms with Gasteiger partial charge in [0.05, 0.1) is 50.2 Å². The fourth-order valence-corrected chi connectivity index (χ4v) is 9.14. The molecule has 1 aliphatic rings. The van der Waals surface area contributed by atoms with Crippen molar-refractivity contribution in [3.63, 3.8) is 0 Å². The first-order valence-corrected chi connectivity index (χ1v) is 20.3. The van der Waals surface area contributed by atoms with Gasteiger partial charge in [-0.3, -0.25) is 19.2 Å². The number of aryl methyl sites for hydroxylation is 2. The molecule has 12 nitrogen and oxygen atoms in total. The van der Waals surface area contributed by atoms with Crippen LogP contribution in [0.4, 0.5) is 14.6 Å². The summed E-state index contributed by atoms with van der Waals surface area (Å²) in [4.78, 5) is 22.5. The molecule has 0 radical (unpaired) electrons. The van der Waals surface area contributed by atoms with E-state index in [0.717, 1.165) is 12.3 Å². The Bertz CT molecular complexity index is 2360. The van der Waals surface area contributed by atoms with E-state index in [1.54, 1.807) is 55.9 Å². The smallest absolute Gasteiger partial charge is 0.240 e. The second kappa shape index (κ2) is 14.2. The molecule has 1 saturated carbocycles. The van der Waals surface area contributed by atoms with Crippen LogP contribution in [0.15, 0.2) is 61.2 Å². The third-order valence-electron chi connectivity index (χ3n) is 9.12. The molecule has 6 rings (SSSR count). The first-order chi connectivity index (χ1) is 24.4. The number of imidazole rings is 1. The lowest BCUT2D eigenvalue weighted by molar-refractivity contribution is -0.122. The zero-order valence-corrected chi connectivity index (χ0v) is 31.3. The number of pyridine rings is 1. The van der Waals surface area contributed by atoms with Gasteiger partial charge >= 0.3 is 0 Å². The van der Waals surface area contributed by atoms with Crippen LogP contribution in [0.25, 0.3) is 22.0 Å². The number of sulfonamides is 1. The van der Waals surface area contributed by atoms with Crippen LogP contribution in [-0.2, 0) is 51.1 Å². The van der Waals surface area contributed by atoms with E-state index in [4.69, 9.17) is 16.6 Å². The molecule has 52 heavy (non-hydrogen) atoms. The highest BCUT2D eigenvalue weighted by molar-refractivity contribution is 7.93. The summed E-state index contributed by atoms with van der Waals surface area (Å²) in [5.41, 5.74) is 2.58. The number of nitrogens with zero attached hydrogens (tertiary/aromatic N) is 5. The number of hydrogen-bond donors (Lipinski definition) is 2. The molecule has 3 heterocycles. The Kier molecular flexibility index (Phi) is 10.2. The average Bonchev–Trinajstić information content (AvgIpc) is 3.71. The molecule has 17 heteroatoms. The zero-order valence-electron chi connectivity index (χ0n) is 28.9. The van der Waals surface area contributed by atoms with E-state index in [-0.39, 0.29) is 47.5 Å². The van der Waals surface area contributed by atoms with Crippen LogP contribution in [0.2, 0.25) is 5.02 Å². The van der Waals surface area contributed by atoms with Gasteiger partial charge in [-0.1, -0.05) is 23.7 Å². The number of amides is 1. The minimum absolute atomic E-state index is 0.0116. The third-order valence-corrected chi connectivity index (χ3v) is 13.1. The van der Waals surface area contributed by atoms with E-state index < -0.39 is 48.2 Å². The van der Waals surface area contributed by atoms with E-state index in [1.807, 2.05) is 0 Å². The number of fused-ring (bicyclic) bond motifs is 1. The first kappa shape index (κ1) is 37.4. The Labute approximate surface area is 305 Å². The van der Waals surface area contributed by atoms with Crippen molar-refractivity contribution in [3.8, 4) is 11.1 Å². The van der Waals surface area contributed by atoms with Crippen LogP contribution in [0.5, 0.6) is 0 Å². The predicted molar refractivity (Wildman–Crippen MR) is 195 cm³/mol. The van der Waals surface area contributed by atoms with Crippen molar-refractivity contribution in [2.24, 2.45) is 7.05 Å². The van der Waals surface area contributed by atoms with Crippen LogP contribution in [-0.4, -0.2) is 63.3 Å². The van der Waals surface area contributed by atoms with Gasteiger partial charge in [0.25, 0.3) is 0 Å². The quantitative estimate of drug-likeness (QED) is 0.149. The minimum atomic E-state index is -3.74. The molecule has 3 aromatic heterocycles. The molecular formula is C35H38ClF2N7O5S2. The van der Waals surface area contributed by atoms with E-state index in [0.29, 0.717) is 46.3 Å². The Balaban J connectivity index is 1.51. The molecule has 0 spiro atoms. The standard InChI is InChI=1S/C35H38ClF2N7O5S2/c1-35(2,52(49,50)25-6-7-25)12-11-24-5-8-26(27-9-10-28(36)31-33(27)44(3)42-34(31)43-51(4,47)48)32(40-24)29(17-21-15-22(37)18-23(38)16-21)41-30(46)19-45-14-13-39-20-45/h5,8-10,13-16,18,20,25,29H,6-7,11-12,17,19H2,1-4H3,(H,41,46)(H,42,43)/t29-/m0/s1. The van der Waals surface area contributed by atoms with E-state index >= 15 is 0 Å². The summed E-state index contributed by atoms with van der Waals surface area (Å²) in [6, 6.07) is 9.00. The van der Waals surface area contributed by atoms with Gasteiger partial charge in [-0.2, -0.15) is 5.10 Å². The molecule has 1 aliphatic carbocycles. The van der Waals surface area contributed by atoms with Crippen molar-refractivity contribution < 1.29 is 30.4 Å². The fourth-order valence-electron chi connectivity index (χ4n) is 6.36. The Morgan fingerprint density at radius 2 is 1.75 bits per heavy atom. The number of rotatable bonds is 14. The maximum Gasteiger partial charge on any atom is 0.240 e. The highest BCUT2D eigenvalue weighted by atomic mass is 35.5. The van der Waals surface area contributed by atoms with E-state index in [1.165, 1.54) is 29.3 Å². The summed E-state index contributed by atoms with van der Waals surface area (Å²) in [5, 5.41) is 7.59. The highest BCUT2D eigenvalue weighted by Crippen LogP contribution is 2.41. The van der Waals surface area contributed by atoms with E-state index in [9.17, 15) is 30.4 Å². The molecule has 5 aromatic rings. The summed E-state index contributed by atoms with van der Waals surface area (Å²) < 4.78 is 84.3. The van der Waals surface area contributed by atoms with Crippen molar-refractivity contribution >= 4 is 54.1 Å². The second-order valence-corrected chi connectivity index (χ2v) is 18.8. The Hall–Kier alpha value is -4.41. The van der Waals surface area contributed by atoms with Crippen LogP contribution in [0, 0.1) is 11.6 Å². The van der Waals surface area contributed by atoms with Gasteiger partial charge < -0.3 is 9.88 Å². The van der Waals surface area contributed by atoms with Gasteiger partial charge in [0.15, 0.2) is 15.7 Å². The molecule has 0 aliphatic heterocycles. The van der Waals surface area contributed by atoms with Gasteiger partial charge in [0, 0.05) is 42.3 Å². The van der Waals surface area contributed by atoms with Gasteiger partial charge in [0.2, 0.25) is 15.9 Å². The molecule has 1 amide bonds. The van der Waals surface area contributed by atoms with E-state index in [2.05, 4.69) is 20.1 Å². The Morgan fingerprint density at radius 1 is 1.06 bits per heavy atom. The summed E-state index contributed by atoms with van der Waals surface area (Å²) in [6.45, 7) is 3.31. The molecule has 0 bridgehead atoms. The normalized spacial score (nSPS) is 14.4. The van der Waals surface area contributed by atoms with Gasteiger partial charge in [-0.25, -0.2) is 30.6 Å². The fraction of sp³-hybridized carbons (Fsp3) is 0.371. The summed E-state index contributed by atoms with van der Waals surface area (Å²) >= 11 is 6.62. The zero-order chi connectivity index (χ0) is 37.6. The first-order valence-electron chi connectivity index (χ1n) is 16.5. The second-order valence-electron chi connectivity index (χ2n) is 13.7. The van der Waals surface area contributed by atoms with Gasteiger partial charge in [0.1, 0.15) is 18.2 Å². The number of nitrogens with one attached hydrogen (secondary N) is 2. The average molecular weight is 774 g/mol. The van der Waals surface area contributed by atoms with Crippen LogP contribution in [0.1, 0.15) is 56.1 Å². The number of sulfone groups is 1.